The first-order chi connectivity index (χ1) is 19.3. The fourth-order valence-corrected chi connectivity index (χ4v) is 5.98. The molecule has 0 bridgehead atoms. The summed E-state index contributed by atoms with van der Waals surface area (Å²) < 4.78 is 5.56. The van der Waals surface area contributed by atoms with Crippen molar-refractivity contribution in [2.24, 2.45) is 4.99 Å². The highest BCUT2D eigenvalue weighted by atomic mass is 32.2. The molecule has 0 saturated carbocycles. The lowest BCUT2D eigenvalue weighted by molar-refractivity contribution is -0.139. The Hall–Kier alpha value is -3.84. The van der Waals surface area contributed by atoms with E-state index in [-0.39, 0.29) is 29.9 Å². The van der Waals surface area contributed by atoms with Gasteiger partial charge in [-0.3, -0.25) is 4.79 Å². The van der Waals surface area contributed by atoms with Crippen LogP contribution in [0.15, 0.2) is 89.4 Å². The van der Waals surface area contributed by atoms with E-state index in [9.17, 15) is 9.59 Å². The van der Waals surface area contributed by atoms with Gasteiger partial charge in [0.05, 0.1) is 23.9 Å². The molecule has 1 N–H and O–H groups in total. The van der Waals surface area contributed by atoms with Crippen molar-refractivity contribution in [1.82, 2.24) is 4.90 Å². The number of aliphatic imine (C=N–C) groups is 1. The van der Waals surface area contributed by atoms with Crippen LogP contribution >= 0.6 is 11.8 Å². The molecule has 6 nitrogen and oxygen atoms in total. The Morgan fingerprint density at radius 3 is 2.35 bits per heavy atom. The lowest BCUT2D eigenvalue weighted by Gasteiger charge is -2.41. The van der Waals surface area contributed by atoms with Crippen LogP contribution in [0.2, 0.25) is 0 Å². The molecule has 206 valence electrons. The van der Waals surface area contributed by atoms with Crippen molar-refractivity contribution in [3.63, 3.8) is 0 Å². The van der Waals surface area contributed by atoms with Crippen LogP contribution in [0.25, 0.3) is 5.70 Å². The number of rotatable bonds is 6. The van der Waals surface area contributed by atoms with Crippen molar-refractivity contribution in [3.8, 4) is 0 Å². The fourth-order valence-electron chi connectivity index (χ4n) is 5.01. The predicted molar refractivity (Wildman–Crippen MR) is 163 cm³/mol. The quantitative estimate of drug-likeness (QED) is 0.331. The third-order valence-corrected chi connectivity index (χ3v) is 8.18. The third-order valence-electron chi connectivity index (χ3n) is 7.11. The molecule has 2 heterocycles. The maximum Gasteiger partial charge on any atom is 0.338 e. The molecule has 2 aliphatic heterocycles. The number of nitrogens with zero attached hydrogens (tertiary/aromatic N) is 2. The highest BCUT2D eigenvalue weighted by molar-refractivity contribution is 8.13. The van der Waals surface area contributed by atoms with E-state index < -0.39 is 0 Å². The second-order valence-electron chi connectivity index (χ2n) is 10.9. The number of hydrogen-bond donors (Lipinski definition) is 1. The molecule has 0 radical (unpaired) electrons. The maximum atomic E-state index is 13.5. The molecular formula is C33H35N3O3S. The minimum atomic E-state index is -0.360. The number of carbonyl (C=O) groups is 2. The van der Waals surface area contributed by atoms with E-state index in [0.717, 1.165) is 35.0 Å². The van der Waals surface area contributed by atoms with Crippen LogP contribution in [0.3, 0.4) is 0 Å². The number of thioether (sulfide) groups is 1. The molecule has 2 aliphatic rings. The minimum Gasteiger partial charge on any atom is -0.463 e. The zero-order valence-electron chi connectivity index (χ0n) is 23.4. The number of carbonyl (C=O) groups excluding carboxylic acids is 2. The van der Waals surface area contributed by atoms with Gasteiger partial charge >= 0.3 is 5.97 Å². The Balaban J connectivity index is 1.47. The van der Waals surface area contributed by atoms with Crippen molar-refractivity contribution >= 4 is 40.2 Å². The van der Waals surface area contributed by atoms with Gasteiger partial charge in [0.15, 0.2) is 5.17 Å². The molecule has 0 spiro atoms. The van der Waals surface area contributed by atoms with Gasteiger partial charge in [0.2, 0.25) is 0 Å². The molecule has 7 heteroatoms. The number of amidine groups is 1. The maximum absolute atomic E-state index is 13.5. The second-order valence-corrected chi connectivity index (χ2v) is 12.0. The van der Waals surface area contributed by atoms with E-state index in [1.165, 1.54) is 5.56 Å². The van der Waals surface area contributed by atoms with Crippen LogP contribution < -0.4 is 5.32 Å². The summed E-state index contributed by atoms with van der Waals surface area (Å²) in [6.45, 7) is 9.35. The Kier molecular flexibility index (Phi) is 8.12. The molecule has 1 unspecified atom stereocenters. The van der Waals surface area contributed by atoms with Gasteiger partial charge in [0.1, 0.15) is 0 Å². The topological polar surface area (TPSA) is 71.0 Å². The number of amides is 1. The molecule has 1 saturated heterocycles. The van der Waals surface area contributed by atoms with Crippen molar-refractivity contribution in [2.75, 3.05) is 24.2 Å². The zero-order valence-corrected chi connectivity index (χ0v) is 24.3. The average Bonchev–Trinajstić information content (AvgIpc) is 2.97. The lowest BCUT2D eigenvalue weighted by Crippen LogP contribution is -2.42. The lowest BCUT2D eigenvalue weighted by atomic mass is 9.87. The smallest absolute Gasteiger partial charge is 0.338 e. The first kappa shape index (κ1) is 27.7. The van der Waals surface area contributed by atoms with Crippen LogP contribution in [-0.4, -0.2) is 40.8 Å². The van der Waals surface area contributed by atoms with Gasteiger partial charge in [-0.1, -0.05) is 87.1 Å². The number of esters is 1. The molecule has 0 aliphatic carbocycles. The highest BCUT2D eigenvalue weighted by Gasteiger charge is 2.39. The molecule has 1 atom stereocenters. The van der Waals surface area contributed by atoms with Crippen molar-refractivity contribution in [1.29, 1.82) is 0 Å². The fraction of sp³-hybridized carbons (Fsp3) is 0.303. The molecule has 40 heavy (non-hydrogen) atoms. The van der Waals surface area contributed by atoms with E-state index in [4.69, 9.17) is 9.73 Å². The Bertz CT molecular complexity index is 1440. The third kappa shape index (κ3) is 5.85. The van der Waals surface area contributed by atoms with Crippen LogP contribution in [0.4, 0.5) is 5.69 Å². The van der Waals surface area contributed by atoms with Gasteiger partial charge < -0.3 is 15.0 Å². The highest BCUT2D eigenvalue weighted by Crippen LogP contribution is 2.43. The standard InChI is InChI=1S/C33H35N3O3S/c1-5-39-31(38)27-28(22-10-7-6-8-11-22)35-32-36(20-9-21-40-32)29(27)23-14-18-26(19-15-23)34-30(37)24-12-16-25(17-13-24)33(2,3)4/h6-8,10-19,29H,5,9,20-21H2,1-4H3,(H,34,37). The van der Waals surface area contributed by atoms with Crippen molar-refractivity contribution < 1.29 is 14.3 Å². The molecule has 3 aromatic carbocycles. The number of nitrogens with one attached hydrogen (secondary N) is 1. The van der Waals surface area contributed by atoms with Crippen LogP contribution in [0.1, 0.15) is 67.2 Å². The van der Waals surface area contributed by atoms with Crippen LogP contribution in [0.5, 0.6) is 0 Å². The number of anilines is 1. The van der Waals surface area contributed by atoms with Crippen molar-refractivity contribution in [2.45, 2.75) is 45.6 Å². The van der Waals surface area contributed by atoms with Gasteiger partial charge in [-0.25, -0.2) is 9.79 Å². The largest absolute Gasteiger partial charge is 0.463 e. The molecule has 3 aromatic rings. The van der Waals surface area contributed by atoms with Gasteiger partial charge in [-0.05, 0) is 54.2 Å². The summed E-state index contributed by atoms with van der Waals surface area (Å²) in [5.41, 5.74) is 5.52. The van der Waals surface area contributed by atoms with E-state index in [0.29, 0.717) is 22.5 Å². The van der Waals surface area contributed by atoms with Gasteiger partial charge in [0, 0.05) is 29.1 Å². The van der Waals surface area contributed by atoms with Gasteiger partial charge in [-0.2, -0.15) is 0 Å². The summed E-state index contributed by atoms with van der Waals surface area (Å²) in [5, 5.41) is 3.92. The summed E-state index contributed by atoms with van der Waals surface area (Å²) in [6, 6.07) is 25.0. The molecule has 5 rings (SSSR count). The SMILES string of the molecule is CCOC(=O)C1=C(c2ccccc2)N=C2SCCCN2C1c1ccc(NC(=O)c2ccc(C(C)(C)C)cc2)cc1. The van der Waals surface area contributed by atoms with E-state index in [2.05, 4.69) is 31.0 Å². The van der Waals surface area contributed by atoms with E-state index in [1.54, 1.807) is 11.8 Å². The summed E-state index contributed by atoms with van der Waals surface area (Å²) in [4.78, 5) is 33.6. The van der Waals surface area contributed by atoms with Gasteiger partial charge in [-0.15, -0.1) is 0 Å². The molecule has 1 fully saturated rings. The predicted octanol–water partition coefficient (Wildman–Crippen LogP) is 7.06. The Morgan fingerprint density at radius 1 is 1.00 bits per heavy atom. The Morgan fingerprint density at radius 2 is 1.70 bits per heavy atom. The molecule has 1 amide bonds. The van der Waals surface area contributed by atoms with Crippen LogP contribution in [-0.2, 0) is 14.9 Å². The average molecular weight is 554 g/mol. The zero-order chi connectivity index (χ0) is 28.3. The van der Waals surface area contributed by atoms with Crippen LogP contribution in [0, 0.1) is 0 Å². The van der Waals surface area contributed by atoms with E-state index in [1.807, 2.05) is 85.8 Å². The molecule has 0 aromatic heterocycles. The summed E-state index contributed by atoms with van der Waals surface area (Å²) in [7, 11) is 0. The van der Waals surface area contributed by atoms with Crippen molar-refractivity contribution in [3.05, 3.63) is 107 Å². The first-order valence-corrected chi connectivity index (χ1v) is 14.7. The monoisotopic (exact) mass is 553 g/mol. The minimum absolute atomic E-state index is 0.0264. The second kappa shape index (κ2) is 11.7. The molecular weight excluding hydrogens is 518 g/mol. The Labute approximate surface area is 240 Å². The summed E-state index contributed by atoms with van der Waals surface area (Å²) in [5.74, 6) is 0.465. The number of fused-ring (bicyclic) bond motifs is 1. The van der Waals surface area contributed by atoms with E-state index >= 15 is 0 Å². The first-order valence-electron chi connectivity index (χ1n) is 13.7. The van der Waals surface area contributed by atoms with Gasteiger partial charge in [0.25, 0.3) is 5.91 Å². The number of ether oxygens (including phenoxy) is 1. The number of benzene rings is 3. The summed E-state index contributed by atoms with van der Waals surface area (Å²) >= 11 is 1.72. The summed E-state index contributed by atoms with van der Waals surface area (Å²) in [6.07, 6.45) is 0.999. The normalized spacial score (nSPS) is 17.1. The number of hydrogen-bond acceptors (Lipinski definition) is 6.